The molecule has 0 bridgehead atoms. The van der Waals surface area contributed by atoms with E-state index < -0.39 is 0 Å². The van der Waals surface area contributed by atoms with Gasteiger partial charge in [0.15, 0.2) is 0 Å². The third kappa shape index (κ3) is 2.85. The van der Waals surface area contributed by atoms with Gasteiger partial charge in [0.2, 0.25) is 0 Å². The second-order valence-electron chi connectivity index (χ2n) is 6.55. The van der Waals surface area contributed by atoms with Crippen LogP contribution >= 0.6 is 0 Å². The number of hydrogen-bond acceptors (Lipinski definition) is 1. The van der Waals surface area contributed by atoms with E-state index in [1.54, 1.807) is 0 Å². The molecule has 0 amide bonds. The Labute approximate surface area is 148 Å². The molecule has 1 aromatic heterocycles. The van der Waals surface area contributed by atoms with Crippen LogP contribution in [-0.2, 0) is 0 Å². The summed E-state index contributed by atoms with van der Waals surface area (Å²) >= 11 is 0. The monoisotopic (exact) mass is 326 g/mol. The van der Waals surface area contributed by atoms with Gasteiger partial charge in [0.25, 0.3) is 0 Å². The van der Waals surface area contributed by atoms with Crippen LogP contribution in [0.3, 0.4) is 0 Å². The fourth-order valence-electron chi connectivity index (χ4n) is 3.55. The Morgan fingerprint density at radius 3 is 1.92 bits per heavy atom. The standard InChI is InChI=1S/C23H22N2/c1-17(19-11-5-3-6-12-19)23-24-21-15-9-10-16-22(21)25(23)18(2)20-13-7-4-8-14-20/h3-18H,1-2H3/t17-,18?/m1/s1. The highest BCUT2D eigenvalue weighted by Gasteiger charge is 2.21. The van der Waals surface area contributed by atoms with Crippen molar-refractivity contribution < 1.29 is 0 Å². The first-order valence-electron chi connectivity index (χ1n) is 8.82. The Morgan fingerprint density at radius 1 is 0.680 bits per heavy atom. The molecule has 0 radical (unpaired) electrons. The van der Waals surface area contributed by atoms with E-state index in [0.717, 1.165) is 11.3 Å². The summed E-state index contributed by atoms with van der Waals surface area (Å²) in [6.45, 7) is 4.50. The van der Waals surface area contributed by atoms with Gasteiger partial charge in [0, 0.05) is 5.92 Å². The number of fused-ring (bicyclic) bond motifs is 1. The van der Waals surface area contributed by atoms with Gasteiger partial charge in [-0.2, -0.15) is 0 Å². The van der Waals surface area contributed by atoms with Gasteiger partial charge in [0.1, 0.15) is 5.82 Å². The molecule has 2 nitrogen and oxygen atoms in total. The van der Waals surface area contributed by atoms with Crippen LogP contribution in [0.15, 0.2) is 84.9 Å². The molecule has 25 heavy (non-hydrogen) atoms. The first kappa shape index (κ1) is 15.6. The molecule has 1 heterocycles. The molecule has 0 aliphatic heterocycles. The quantitative estimate of drug-likeness (QED) is 0.463. The lowest BCUT2D eigenvalue weighted by Crippen LogP contribution is -2.13. The van der Waals surface area contributed by atoms with E-state index in [1.807, 2.05) is 0 Å². The van der Waals surface area contributed by atoms with Gasteiger partial charge < -0.3 is 4.57 Å². The van der Waals surface area contributed by atoms with E-state index >= 15 is 0 Å². The lowest BCUT2D eigenvalue weighted by Gasteiger charge is -2.21. The summed E-state index contributed by atoms with van der Waals surface area (Å²) in [6, 6.07) is 29.9. The summed E-state index contributed by atoms with van der Waals surface area (Å²) < 4.78 is 2.39. The van der Waals surface area contributed by atoms with Gasteiger partial charge >= 0.3 is 0 Å². The van der Waals surface area contributed by atoms with Gasteiger partial charge in [-0.1, -0.05) is 79.7 Å². The Balaban J connectivity index is 1.90. The fourth-order valence-corrected chi connectivity index (χ4v) is 3.55. The lowest BCUT2D eigenvalue weighted by molar-refractivity contribution is 0.603. The summed E-state index contributed by atoms with van der Waals surface area (Å²) in [5.41, 5.74) is 4.84. The van der Waals surface area contributed by atoms with Gasteiger partial charge in [-0.25, -0.2) is 4.98 Å². The number of nitrogens with zero attached hydrogens (tertiary/aromatic N) is 2. The van der Waals surface area contributed by atoms with E-state index in [1.165, 1.54) is 16.6 Å². The summed E-state index contributed by atoms with van der Waals surface area (Å²) in [6.07, 6.45) is 0. The maximum Gasteiger partial charge on any atom is 0.117 e. The fraction of sp³-hybridized carbons (Fsp3) is 0.174. The van der Waals surface area contributed by atoms with E-state index in [2.05, 4.69) is 103 Å². The minimum atomic E-state index is 0.231. The summed E-state index contributed by atoms with van der Waals surface area (Å²) in [5, 5.41) is 0. The normalized spacial score (nSPS) is 13.7. The maximum absolute atomic E-state index is 5.00. The summed E-state index contributed by atoms with van der Waals surface area (Å²) in [4.78, 5) is 5.00. The van der Waals surface area contributed by atoms with Crippen LogP contribution in [0.1, 0.15) is 42.8 Å². The predicted molar refractivity (Wildman–Crippen MR) is 104 cm³/mol. The minimum Gasteiger partial charge on any atom is -0.320 e. The largest absolute Gasteiger partial charge is 0.320 e. The number of benzene rings is 3. The predicted octanol–water partition coefficient (Wildman–Crippen LogP) is 5.80. The van der Waals surface area contributed by atoms with Crippen LogP contribution in [0.5, 0.6) is 0 Å². The molecule has 0 aliphatic rings. The molecular weight excluding hydrogens is 304 g/mol. The summed E-state index contributed by atoms with van der Waals surface area (Å²) in [7, 11) is 0. The molecule has 4 aromatic rings. The highest BCUT2D eigenvalue weighted by Crippen LogP contribution is 2.32. The van der Waals surface area contributed by atoms with Crippen molar-refractivity contribution in [1.82, 2.24) is 9.55 Å². The van der Waals surface area contributed by atoms with Crippen molar-refractivity contribution in [3.05, 3.63) is 102 Å². The van der Waals surface area contributed by atoms with Crippen LogP contribution in [0.4, 0.5) is 0 Å². The molecule has 2 heteroatoms. The molecular formula is C23H22N2. The minimum absolute atomic E-state index is 0.231. The van der Waals surface area contributed by atoms with Crippen molar-refractivity contribution in [2.45, 2.75) is 25.8 Å². The third-order valence-electron chi connectivity index (χ3n) is 4.98. The SMILES string of the molecule is CC(c1ccccc1)n1c([C@H](C)c2ccccc2)nc2ccccc21. The Morgan fingerprint density at radius 2 is 1.24 bits per heavy atom. The highest BCUT2D eigenvalue weighted by molar-refractivity contribution is 5.76. The van der Waals surface area contributed by atoms with Gasteiger partial charge in [-0.05, 0) is 30.2 Å². The van der Waals surface area contributed by atoms with Gasteiger partial charge in [-0.3, -0.25) is 0 Å². The van der Waals surface area contributed by atoms with Crippen LogP contribution < -0.4 is 0 Å². The molecule has 0 saturated carbocycles. The molecule has 0 saturated heterocycles. The van der Waals surface area contributed by atoms with Crippen LogP contribution in [-0.4, -0.2) is 9.55 Å². The number of aromatic nitrogens is 2. The zero-order chi connectivity index (χ0) is 17.2. The molecule has 0 spiro atoms. The zero-order valence-corrected chi connectivity index (χ0v) is 14.6. The van der Waals surface area contributed by atoms with Crippen LogP contribution in [0, 0.1) is 0 Å². The van der Waals surface area contributed by atoms with Gasteiger partial charge in [-0.15, -0.1) is 0 Å². The Kier molecular flexibility index (Phi) is 4.10. The maximum atomic E-state index is 5.00. The van der Waals surface area contributed by atoms with E-state index in [4.69, 9.17) is 4.98 Å². The second-order valence-corrected chi connectivity index (χ2v) is 6.55. The zero-order valence-electron chi connectivity index (χ0n) is 14.6. The van der Waals surface area contributed by atoms with E-state index in [9.17, 15) is 0 Å². The van der Waals surface area contributed by atoms with Crippen molar-refractivity contribution in [2.75, 3.05) is 0 Å². The van der Waals surface area contributed by atoms with Crippen molar-refractivity contribution in [1.29, 1.82) is 0 Å². The van der Waals surface area contributed by atoms with Crippen LogP contribution in [0.2, 0.25) is 0 Å². The van der Waals surface area contributed by atoms with Crippen molar-refractivity contribution in [3.8, 4) is 0 Å². The molecule has 2 atom stereocenters. The van der Waals surface area contributed by atoms with E-state index in [0.29, 0.717) is 0 Å². The molecule has 124 valence electrons. The lowest BCUT2D eigenvalue weighted by atomic mass is 9.99. The molecule has 1 unspecified atom stereocenters. The van der Waals surface area contributed by atoms with Crippen molar-refractivity contribution in [3.63, 3.8) is 0 Å². The van der Waals surface area contributed by atoms with E-state index in [-0.39, 0.29) is 12.0 Å². The average Bonchev–Trinajstić information content (AvgIpc) is 3.07. The molecule has 4 rings (SSSR count). The first-order valence-corrected chi connectivity index (χ1v) is 8.82. The Bertz CT molecular complexity index is 971. The smallest absolute Gasteiger partial charge is 0.117 e. The topological polar surface area (TPSA) is 17.8 Å². The number of imidazole rings is 1. The Hall–Kier alpha value is -2.87. The second kappa shape index (κ2) is 6.56. The van der Waals surface area contributed by atoms with Crippen molar-refractivity contribution in [2.24, 2.45) is 0 Å². The average molecular weight is 326 g/mol. The van der Waals surface area contributed by atoms with Gasteiger partial charge in [0.05, 0.1) is 17.1 Å². The molecule has 0 fully saturated rings. The molecule has 3 aromatic carbocycles. The molecule has 0 aliphatic carbocycles. The first-order chi connectivity index (χ1) is 12.3. The van der Waals surface area contributed by atoms with Crippen LogP contribution in [0.25, 0.3) is 11.0 Å². The number of rotatable bonds is 4. The summed E-state index contributed by atoms with van der Waals surface area (Å²) in [5.74, 6) is 1.35. The number of para-hydroxylation sites is 2. The highest BCUT2D eigenvalue weighted by atomic mass is 15.1. The van der Waals surface area contributed by atoms with Crippen molar-refractivity contribution >= 4 is 11.0 Å². The number of hydrogen-bond donors (Lipinski definition) is 0. The molecule has 0 N–H and O–H groups in total. The third-order valence-corrected chi connectivity index (χ3v) is 4.98.